The highest BCUT2D eigenvalue weighted by Crippen LogP contribution is 2.62. The number of nitrogen functional groups attached to an aromatic ring is 1. The number of aromatic nitrogens is 4. The van der Waals surface area contributed by atoms with Crippen LogP contribution >= 0.6 is 11.8 Å². The van der Waals surface area contributed by atoms with Gasteiger partial charge in [0.2, 0.25) is 5.95 Å². The average Bonchev–Trinajstić information content (AvgIpc) is 2.74. The summed E-state index contributed by atoms with van der Waals surface area (Å²) in [7, 11) is 0. The van der Waals surface area contributed by atoms with Crippen molar-refractivity contribution in [3.05, 3.63) is 16.7 Å². The second kappa shape index (κ2) is 3.52. The Balaban J connectivity index is 1.83. The van der Waals surface area contributed by atoms with E-state index >= 15 is 0 Å². The van der Waals surface area contributed by atoms with Crippen LogP contribution in [0.5, 0.6) is 0 Å². The Morgan fingerprint density at radius 3 is 2.85 bits per heavy atom. The summed E-state index contributed by atoms with van der Waals surface area (Å²) in [6.07, 6.45) is -0.740. The highest BCUT2D eigenvalue weighted by Gasteiger charge is 2.75. The molecule has 1 saturated heterocycles. The maximum Gasteiger partial charge on any atom is 0.280 e. The number of aromatic amines is 1. The number of imidazole rings is 1. The summed E-state index contributed by atoms with van der Waals surface area (Å²) in [6, 6.07) is 0. The zero-order chi connectivity index (χ0) is 14.2. The standard InChI is InChI=1S/C10H11N5O4S/c11-9-13-6-2(7(18)14-9)12-1-15(6)8-4(17)10(19)3(16)5(10)20-8/h1,3-5,8,16-17,19H,(H3,11,13,14,18)/t3?,4-,5+,8+,10-/m0/s1. The lowest BCUT2D eigenvalue weighted by atomic mass is 10.1. The molecule has 0 bridgehead atoms. The highest BCUT2D eigenvalue weighted by atomic mass is 32.2. The fourth-order valence-corrected chi connectivity index (χ4v) is 4.41. The van der Waals surface area contributed by atoms with E-state index < -0.39 is 34.0 Å². The SMILES string of the molecule is Nc1nc2c(ncn2[C@@H]2S[C@@H]3C(O)[C@]3(O)[C@H]2O)c(=O)[nH]1. The number of aliphatic hydroxyl groups excluding tert-OH is 2. The maximum atomic E-state index is 11.7. The number of H-pyrrole nitrogens is 1. The minimum Gasteiger partial charge on any atom is -0.389 e. The summed E-state index contributed by atoms with van der Waals surface area (Å²) in [5.41, 5.74) is 3.89. The van der Waals surface area contributed by atoms with Crippen molar-refractivity contribution in [1.82, 2.24) is 19.5 Å². The molecule has 0 aromatic carbocycles. The van der Waals surface area contributed by atoms with Gasteiger partial charge in [-0.1, -0.05) is 0 Å². The Hall–Kier alpha value is -1.62. The number of aliphatic hydroxyl groups is 3. The fraction of sp³-hybridized carbons (Fsp3) is 0.500. The summed E-state index contributed by atoms with van der Waals surface area (Å²) >= 11 is 1.22. The van der Waals surface area contributed by atoms with E-state index in [4.69, 9.17) is 5.73 Å². The first-order valence-corrected chi connectivity index (χ1v) is 6.85. The number of nitrogens with zero attached hydrogens (tertiary/aromatic N) is 3. The number of fused-ring (bicyclic) bond motifs is 2. The number of thioether (sulfide) groups is 1. The molecule has 0 radical (unpaired) electrons. The number of nitrogens with one attached hydrogen (secondary N) is 1. The van der Waals surface area contributed by atoms with Crippen LogP contribution in [0.2, 0.25) is 0 Å². The first-order valence-electron chi connectivity index (χ1n) is 5.91. The van der Waals surface area contributed by atoms with Crippen molar-refractivity contribution < 1.29 is 15.3 Å². The number of hydrogen-bond donors (Lipinski definition) is 5. The van der Waals surface area contributed by atoms with Gasteiger partial charge in [0.1, 0.15) is 23.2 Å². The molecule has 0 amide bonds. The lowest BCUT2D eigenvalue weighted by Gasteiger charge is -2.22. The first kappa shape index (κ1) is 12.1. The van der Waals surface area contributed by atoms with Crippen molar-refractivity contribution in [2.75, 3.05) is 5.73 Å². The lowest BCUT2D eigenvalue weighted by molar-refractivity contribution is -0.0326. The fourth-order valence-electron chi connectivity index (χ4n) is 2.67. The molecule has 2 aromatic rings. The van der Waals surface area contributed by atoms with Crippen molar-refractivity contribution in [3.63, 3.8) is 0 Å². The van der Waals surface area contributed by atoms with E-state index in [-0.39, 0.29) is 17.1 Å². The number of hydrogen-bond acceptors (Lipinski definition) is 8. The van der Waals surface area contributed by atoms with Gasteiger partial charge in [0.25, 0.3) is 5.56 Å². The van der Waals surface area contributed by atoms with E-state index in [1.54, 1.807) is 0 Å². The van der Waals surface area contributed by atoms with Gasteiger partial charge in [0.05, 0.1) is 11.6 Å². The summed E-state index contributed by atoms with van der Waals surface area (Å²) in [4.78, 5) is 22.0. The van der Waals surface area contributed by atoms with Crippen LogP contribution in [-0.2, 0) is 0 Å². The zero-order valence-corrected chi connectivity index (χ0v) is 10.8. The predicted octanol–water partition coefficient (Wildman–Crippen LogP) is -2.22. The van der Waals surface area contributed by atoms with Gasteiger partial charge in [0.15, 0.2) is 11.2 Å². The Morgan fingerprint density at radius 1 is 1.45 bits per heavy atom. The van der Waals surface area contributed by atoms with E-state index in [1.807, 2.05) is 0 Å². The highest BCUT2D eigenvalue weighted by molar-refractivity contribution is 8.00. The van der Waals surface area contributed by atoms with E-state index in [1.165, 1.54) is 22.7 Å². The van der Waals surface area contributed by atoms with Crippen molar-refractivity contribution >= 4 is 28.9 Å². The lowest BCUT2D eigenvalue weighted by Crippen LogP contribution is -2.35. The van der Waals surface area contributed by atoms with E-state index in [0.717, 1.165) is 0 Å². The second-order valence-electron chi connectivity index (χ2n) is 5.00. The van der Waals surface area contributed by atoms with E-state index in [9.17, 15) is 20.1 Å². The number of nitrogens with two attached hydrogens (primary N) is 1. The molecule has 10 heteroatoms. The van der Waals surface area contributed by atoms with Gasteiger partial charge < -0.3 is 21.1 Å². The topological polar surface area (TPSA) is 150 Å². The molecule has 1 unspecified atom stereocenters. The van der Waals surface area contributed by atoms with Crippen LogP contribution in [0.15, 0.2) is 11.1 Å². The van der Waals surface area contributed by atoms with Gasteiger partial charge in [-0.25, -0.2) is 4.98 Å². The molecule has 5 atom stereocenters. The summed E-state index contributed by atoms with van der Waals surface area (Å²) in [5.74, 6) is -0.0503. The van der Waals surface area contributed by atoms with Gasteiger partial charge >= 0.3 is 0 Å². The molecule has 2 aromatic heterocycles. The monoisotopic (exact) mass is 297 g/mol. The quantitative estimate of drug-likeness (QED) is 0.397. The smallest absolute Gasteiger partial charge is 0.280 e. The van der Waals surface area contributed by atoms with E-state index in [0.29, 0.717) is 0 Å². The van der Waals surface area contributed by atoms with Crippen molar-refractivity contribution in [1.29, 1.82) is 0 Å². The molecule has 6 N–H and O–H groups in total. The first-order chi connectivity index (χ1) is 9.44. The third kappa shape index (κ3) is 1.26. The van der Waals surface area contributed by atoms with Gasteiger partial charge in [-0.05, 0) is 0 Å². The van der Waals surface area contributed by atoms with Gasteiger partial charge in [-0.3, -0.25) is 14.3 Å². The summed E-state index contributed by atoms with van der Waals surface area (Å²) in [5, 5.41) is 28.8. The van der Waals surface area contributed by atoms with Crippen LogP contribution in [0, 0.1) is 0 Å². The molecule has 106 valence electrons. The zero-order valence-electron chi connectivity index (χ0n) is 9.96. The predicted molar refractivity (Wildman–Crippen MR) is 69.9 cm³/mol. The Morgan fingerprint density at radius 2 is 2.20 bits per heavy atom. The Bertz CT molecular complexity index is 775. The summed E-state index contributed by atoms with van der Waals surface area (Å²) < 4.78 is 1.49. The van der Waals surface area contributed by atoms with Crippen LogP contribution in [0.1, 0.15) is 5.37 Å². The second-order valence-corrected chi connectivity index (χ2v) is 6.26. The maximum absolute atomic E-state index is 11.7. The average molecular weight is 297 g/mol. The van der Waals surface area contributed by atoms with Crippen molar-refractivity contribution in [2.45, 2.75) is 28.4 Å². The molecule has 1 saturated carbocycles. The number of anilines is 1. The molecule has 0 spiro atoms. The normalized spacial score (nSPS) is 39.1. The Kier molecular flexibility index (Phi) is 2.14. The molecule has 20 heavy (non-hydrogen) atoms. The van der Waals surface area contributed by atoms with Crippen LogP contribution in [0.3, 0.4) is 0 Å². The van der Waals surface area contributed by atoms with Gasteiger partial charge in [-0.2, -0.15) is 4.98 Å². The van der Waals surface area contributed by atoms with Crippen LogP contribution in [-0.4, -0.2) is 57.9 Å². The van der Waals surface area contributed by atoms with Gasteiger partial charge in [0, 0.05) is 0 Å². The molecule has 1 aliphatic heterocycles. The molecule has 3 heterocycles. The Labute approximate surface area is 115 Å². The van der Waals surface area contributed by atoms with Crippen LogP contribution < -0.4 is 11.3 Å². The van der Waals surface area contributed by atoms with E-state index in [2.05, 4.69) is 15.0 Å². The van der Waals surface area contributed by atoms with Crippen LogP contribution in [0.4, 0.5) is 5.95 Å². The largest absolute Gasteiger partial charge is 0.389 e. The molecular formula is C10H11N5O4S. The summed E-state index contributed by atoms with van der Waals surface area (Å²) in [6.45, 7) is 0. The third-order valence-corrected chi connectivity index (χ3v) is 5.55. The van der Waals surface area contributed by atoms with Crippen molar-refractivity contribution in [2.24, 2.45) is 0 Å². The minimum atomic E-state index is -1.50. The third-order valence-electron chi connectivity index (χ3n) is 3.86. The minimum absolute atomic E-state index is 0.0503. The molecule has 2 aliphatic rings. The molecule has 1 aliphatic carbocycles. The molecular weight excluding hydrogens is 286 g/mol. The molecule has 9 nitrogen and oxygen atoms in total. The number of rotatable bonds is 1. The van der Waals surface area contributed by atoms with Gasteiger partial charge in [-0.15, -0.1) is 11.8 Å². The van der Waals surface area contributed by atoms with Crippen molar-refractivity contribution in [3.8, 4) is 0 Å². The molecule has 4 rings (SSSR count). The van der Waals surface area contributed by atoms with Crippen LogP contribution in [0.25, 0.3) is 11.2 Å². The molecule has 2 fully saturated rings.